The van der Waals surface area contributed by atoms with Crippen LogP contribution in [0.4, 0.5) is 8.78 Å². The number of nitrogens with one attached hydrogen (secondary N) is 1. The predicted octanol–water partition coefficient (Wildman–Crippen LogP) is 1.20. The summed E-state index contributed by atoms with van der Waals surface area (Å²) in [7, 11) is 0. The van der Waals surface area contributed by atoms with Crippen LogP contribution in [0, 0.1) is 11.6 Å². The summed E-state index contributed by atoms with van der Waals surface area (Å²) in [6.45, 7) is 2.31. The predicted molar refractivity (Wildman–Crippen MR) is 63.1 cm³/mol. The second-order valence-electron chi connectivity index (χ2n) is 3.86. The molecule has 0 spiro atoms. The first kappa shape index (κ1) is 14.4. The summed E-state index contributed by atoms with van der Waals surface area (Å²) in [5.41, 5.74) is 5.35. The van der Waals surface area contributed by atoms with Crippen molar-refractivity contribution in [3.05, 3.63) is 29.8 Å². The van der Waals surface area contributed by atoms with E-state index >= 15 is 0 Å². The van der Waals surface area contributed by atoms with Crippen molar-refractivity contribution in [2.24, 2.45) is 5.73 Å². The highest BCUT2D eigenvalue weighted by Crippen LogP contribution is 2.15. The van der Waals surface area contributed by atoms with Crippen LogP contribution in [0.2, 0.25) is 0 Å². The third-order valence-electron chi connectivity index (χ3n) is 2.19. The van der Waals surface area contributed by atoms with E-state index < -0.39 is 17.7 Å². The molecule has 0 saturated heterocycles. The quantitative estimate of drug-likeness (QED) is 0.753. The van der Waals surface area contributed by atoms with Gasteiger partial charge in [-0.2, -0.15) is 0 Å². The number of carbonyl (C=O) groups is 1. The van der Waals surface area contributed by atoms with Gasteiger partial charge in [-0.1, -0.05) is 0 Å². The SMILES string of the molecule is CC(N)C(=O)NCCCOc1ccc(F)c(F)c1. The Balaban J connectivity index is 2.22. The topological polar surface area (TPSA) is 64.4 Å². The summed E-state index contributed by atoms with van der Waals surface area (Å²) in [6.07, 6.45) is 0.553. The van der Waals surface area contributed by atoms with E-state index in [1.165, 1.54) is 6.07 Å². The third-order valence-corrected chi connectivity index (χ3v) is 2.19. The number of hydrogen-bond acceptors (Lipinski definition) is 3. The van der Waals surface area contributed by atoms with Crippen LogP contribution in [0.15, 0.2) is 18.2 Å². The molecule has 1 atom stereocenters. The van der Waals surface area contributed by atoms with Gasteiger partial charge in [0.05, 0.1) is 12.6 Å². The molecule has 1 rings (SSSR count). The standard InChI is InChI=1S/C12H16F2N2O2/c1-8(15)12(17)16-5-2-6-18-9-3-4-10(13)11(14)7-9/h3-4,7-8H,2,5-6,15H2,1H3,(H,16,17). The van der Waals surface area contributed by atoms with Gasteiger partial charge in [0, 0.05) is 12.6 Å². The summed E-state index contributed by atoms with van der Waals surface area (Å²) in [6, 6.07) is 2.79. The lowest BCUT2D eigenvalue weighted by Gasteiger charge is -2.09. The minimum Gasteiger partial charge on any atom is -0.493 e. The molecular weight excluding hydrogens is 242 g/mol. The number of benzene rings is 1. The molecule has 6 heteroatoms. The zero-order valence-corrected chi connectivity index (χ0v) is 10.1. The highest BCUT2D eigenvalue weighted by atomic mass is 19.2. The number of ether oxygens (including phenoxy) is 1. The number of amides is 1. The van der Waals surface area contributed by atoms with E-state index in [2.05, 4.69) is 5.32 Å². The van der Waals surface area contributed by atoms with Crippen LogP contribution in [0.25, 0.3) is 0 Å². The lowest BCUT2D eigenvalue weighted by atomic mass is 10.3. The summed E-state index contributed by atoms with van der Waals surface area (Å²) in [4.78, 5) is 11.1. The highest BCUT2D eigenvalue weighted by Gasteiger charge is 2.06. The van der Waals surface area contributed by atoms with Crippen molar-refractivity contribution in [2.75, 3.05) is 13.2 Å². The van der Waals surface area contributed by atoms with Crippen molar-refractivity contribution in [3.8, 4) is 5.75 Å². The Hall–Kier alpha value is -1.69. The molecule has 0 bridgehead atoms. The largest absolute Gasteiger partial charge is 0.493 e. The second-order valence-corrected chi connectivity index (χ2v) is 3.86. The number of halogens is 2. The molecule has 0 aliphatic heterocycles. The number of nitrogens with two attached hydrogens (primary N) is 1. The monoisotopic (exact) mass is 258 g/mol. The molecule has 1 aromatic rings. The maximum Gasteiger partial charge on any atom is 0.236 e. The normalized spacial score (nSPS) is 12.0. The number of carbonyl (C=O) groups excluding carboxylic acids is 1. The van der Waals surface area contributed by atoms with Crippen molar-refractivity contribution in [3.63, 3.8) is 0 Å². The number of hydrogen-bond donors (Lipinski definition) is 2. The molecule has 0 heterocycles. The first-order valence-corrected chi connectivity index (χ1v) is 5.62. The molecule has 1 unspecified atom stereocenters. The molecule has 0 aliphatic rings. The van der Waals surface area contributed by atoms with Gasteiger partial charge in [0.1, 0.15) is 5.75 Å². The van der Waals surface area contributed by atoms with E-state index in [-0.39, 0.29) is 11.7 Å². The molecule has 3 N–H and O–H groups in total. The van der Waals surface area contributed by atoms with Crippen molar-refractivity contribution in [2.45, 2.75) is 19.4 Å². The molecule has 18 heavy (non-hydrogen) atoms. The van der Waals surface area contributed by atoms with E-state index in [9.17, 15) is 13.6 Å². The second kappa shape index (κ2) is 6.90. The minimum absolute atomic E-state index is 0.233. The van der Waals surface area contributed by atoms with Gasteiger partial charge >= 0.3 is 0 Å². The van der Waals surface area contributed by atoms with E-state index in [1.807, 2.05) is 0 Å². The first-order valence-electron chi connectivity index (χ1n) is 5.62. The Morgan fingerprint density at radius 2 is 2.17 bits per heavy atom. The fourth-order valence-electron chi connectivity index (χ4n) is 1.20. The van der Waals surface area contributed by atoms with E-state index in [4.69, 9.17) is 10.5 Å². The van der Waals surface area contributed by atoms with Crippen molar-refractivity contribution in [1.82, 2.24) is 5.32 Å². The summed E-state index contributed by atoms with van der Waals surface area (Å²) < 4.78 is 30.6. The smallest absolute Gasteiger partial charge is 0.236 e. The van der Waals surface area contributed by atoms with E-state index in [1.54, 1.807) is 6.92 Å². The van der Waals surface area contributed by atoms with Gasteiger partial charge in [0.15, 0.2) is 11.6 Å². The third kappa shape index (κ3) is 4.67. The summed E-state index contributed by atoms with van der Waals surface area (Å²) in [5, 5.41) is 2.61. The van der Waals surface area contributed by atoms with Crippen molar-refractivity contribution in [1.29, 1.82) is 0 Å². The molecule has 0 saturated carbocycles. The Kier molecular flexibility index (Phi) is 5.51. The van der Waals surface area contributed by atoms with Crippen LogP contribution < -0.4 is 15.8 Å². The lowest BCUT2D eigenvalue weighted by molar-refractivity contribution is -0.121. The Bertz CT molecular complexity index is 411. The van der Waals surface area contributed by atoms with Crippen molar-refractivity contribution < 1.29 is 18.3 Å². The van der Waals surface area contributed by atoms with Gasteiger partial charge in [-0.15, -0.1) is 0 Å². The van der Waals surface area contributed by atoms with Gasteiger partial charge in [0.2, 0.25) is 5.91 Å². The van der Waals surface area contributed by atoms with Crippen LogP contribution in [0.5, 0.6) is 5.75 Å². The van der Waals surface area contributed by atoms with Gasteiger partial charge in [-0.05, 0) is 25.5 Å². The number of rotatable bonds is 6. The zero-order chi connectivity index (χ0) is 13.5. The van der Waals surface area contributed by atoms with E-state index in [0.717, 1.165) is 12.1 Å². The van der Waals surface area contributed by atoms with Crippen LogP contribution in [-0.2, 0) is 4.79 Å². The fourth-order valence-corrected chi connectivity index (χ4v) is 1.20. The molecule has 100 valence electrons. The van der Waals surface area contributed by atoms with E-state index in [0.29, 0.717) is 19.6 Å². The zero-order valence-electron chi connectivity index (χ0n) is 10.1. The molecule has 1 amide bonds. The Morgan fingerprint density at radius 1 is 1.44 bits per heavy atom. The lowest BCUT2D eigenvalue weighted by Crippen LogP contribution is -2.38. The van der Waals surface area contributed by atoms with Crippen LogP contribution in [-0.4, -0.2) is 25.1 Å². The van der Waals surface area contributed by atoms with Crippen LogP contribution in [0.3, 0.4) is 0 Å². The van der Waals surface area contributed by atoms with Gasteiger partial charge in [-0.3, -0.25) is 4.79 Å². The molecule has 0 aliphatic carbocycles. The van der Waals surface area contributed by atoms with Gasteiger partial charge < -0.3 is 15.8 Å². The maximum absolute atomic E-state index is 12.8. The fraction of sp³-hybridized carbons (Fsp3) is 0.417. The average molecular weight is 258 g/mol. The maximum atomic E-state index is 12.8. The highest BCUT2D eigenvalue weighted by molar-refractivity contribution is 5.80. The van der Waals surface area contributed by atoms with Crippen molar-refractivity contribution >= 4 is 5.91 Å². The first-order chi connectivity index (χ1) is 8.50. The summed E-state index contributed by atoms with van der Waals surface area (Å²) in [5.74, 6) is -1.83. The molecule has 4 nitrogen and oxygen atoms in total. The Labute approximate surface area is 104 Å². The molecular formula is C12H16F2N2O2. The Morgan fingerprint density at radius 3 is 2.78 bits per heavy atom. The minimum atomic E-state index is -0.947. The molecule has 1 aromatic carbocycles. The molecule has 0 radical (unpaired) electrons. The van der Waals surface area contributed by atoms with Crippen LogP contribution in [0.1, 0.15) is 13.3 Å². The molecule has 0 aromatic heterocycles. The van der Waals surface area contributed by atoms with Gasteiger partial charge in [-0.25, -0.2) is 8.78 Å². The molecule has 0 fully saturated rings. The van der Waals surface area contributed by atoms with Gasteiger partial charge in [0.25, 0.3) is 0 Å². The summed E-state index contributed by atoms with van der Waals surface area (Å²) >= 11 is 0. The van der Waals surface area contributed by atoms with Crippen LogP contribution >= 0.6 is 0 Å². The average Bonchev–Trinajstić information content (AvgIpc) is 2.32.